The number of fused-ring (bicyclic) bond motifs is 1. The first-order valence-corrected chi connectivity index (χ1v) is 21.6. The highest BCUT2D eigenvalue weighted by Gasteiger charge is 2.27. The summed E-state index contributed by atoms with van der Waals surface area (Å²) in [6.45, 7) is 16.8. The van der Waals surface area contributed by atoms with Crippen molar-refractivity contribution in [1.29, 1.82) is 0 Å². The van der Waals surface area contributed by atoms with Crippen LogP contribution in [-0.4, -0.2) is 96.2 Å². The number of aromatic nitrogens is 8. The van der Waals surface area contributed by atoms with Gasteiger partial charge in [0.05, 0.1) is 17.4 Å². The van der Waals surface area contributed by atoms with Gasteiger partial charge in [-0.1, -0.05) is 38.1 Å². The number of piperazine rings is 1. The van der Waals surface area contributed by atoms with Crippen LogP contribution in [0.3, 0.4) is 0 Å². The average Bonchev–Trinajstić information content (AvgIpc) is 3.97. The maximum atomic E-state index is 12.9. The molecule has 0 aliphatic carbocycles. The van der Waals surface area contributed by atoms with E-state index in [1.165, 1.54) is 16.8 Å². The Morgan fingerprint density at radius 3 is 2.29 bits per heavy atom. The molecule has 0 saturated carbocycles. The van der Waals surface area contributed by atoms with E-state index in [1.54, 1.807) is 6.33 Å². The zero-order valence-corrected chi connectivity index (χ0v) is 36.3. The number of nitrogens with one attached hydrogen (secondary N) is 3. The summed E-state index contributed by atoms with van der Waals surface area (Å²) in [6, 6.07) is 21.5. The van der Waals surface area contributed by atoms with E-state index < -0.39 is 17.2 Å². The van der Waals surface area contributed by atoms with E-state index in [0.717, 1.165) is 121 Å². The monoisotopic (exact) mass is 848 g/mol. The van der Waals surface area contributed by atoms with Crippen LogP contribution in [0.5, 0.6) is 0 Å². The molecule has 0 unspecified atom stereocenters. The Kier molecular flexibility index (Phi) is 11.2. The Labute approximate surface area is 364 Å². The second-order valence-electron chi connectivity index (χ2n) is 17.7. The van der Waals surface area contributed by atoms with E-state index >= 15 is 0 Å². The highest BCUT2D eigenvalue weighted by molar-refractivity contribution is 5.94. The summed E-state index contributed by atoms with van der Waals surface area (Å²) in [5, 5.41) is 7.88. The number of hydrogen-bond donors (Lipinski definition) is 3. The summed E-state index contributed by atoms with van der Waals surface area (Å²) in [5.41, 5.74) is 7.09. The number of anilines is 2. The number of carbonyl (C=O) groups is 1. The molecular formula is C47H52N12O4. The third-order valence-corrected chi connectivity index (χ3v) is 12.3. The molecule has 0 spiro atoms. The quantitative estimate of drug-likeness (QED) is 0.145. The van der Waals surface area contributed by atoms with E-state index in [2.05, 4.69) is 86.5 Å². The fourth-order valence-electron chi connectivity index (χ4n) is 8.67. The van der Waals surface area contributed by atoms with Crippen LogP contribution in [0.1, 0.15) is 74.2 Å². The molecule has 1 amide bonds. The molecule has 2 aliphatic rings. The Bertz CT molecular complexity index is 2860. The lowest BCUT2D eigenvalue weighted by Gasteiger charge is -2.39. The molecule has 0 radical (unpaired) electrons. The van der Waals surface area contributed by atoms with Crippen LogP contribution in [0.25, 0.3) is 39.2 Å². The van der Waals surface area contributed by atoms with Crippen LogP contribution < -0.4 is 26.4 Å². The predicted molar refractivity (Wildman–Crippen MR) is 242 cm³/mol. The lowest BCUT2D eigenvalue weighted by Crippen LogP contribution is -2.49. The first-order valence-electron chi connectivity index (χ1n) is 21.6. The van der Waals surface area contributed by atoms with Gasteiger partial charge in [0.1, 0.15) is 17.8 Å². The fourth-order valence-corrected chi connectivity index (χ4v) is 8.67. The molecular weight excluding hydrogens is 797 g/mol. The van der Waals surface area contributed by atoms with Crippen molar-refractivity contribution in [1.82, 2.24) is 49.8 Å². The Balaban J connectivity index is 0.775. The van der Waals surface area contributed by atoms with Gasteiger partial charge in [-0.25, -0.2) is 19.7 Å². The highest BCUT2D eigenvalue weighted by atomic mass is 16.5. The summed E-state index contributed by atoms with van der Waals surface area (Å²) in [6.07, 6.45) is 7.29. The zero-order chi connectivity index (χ0) is 43.8. The normalized spacial score (nSPS) is 15.8. The topological polar surface area (TPSA) is 187 Å². The molecule has 324 valence electrons. The summed E-state index contributed by atoms with van der Waals surface area (Å²) < 4.78 is 6.69. The minimum absolute atomic E-state index is 0.0509. The van der Waals surface area contributed by atoms with Gasteiger partial charge in [-0.3, -0.25) is 24.0 Å². The Morgan fingerprint density at radius 1 is 0.857 bits per heavy atom. The van der Waals surface area contributed by atoms with Crippen LogP contribution in [0.2, 0.25) is 0 Å². The Morgan fingerprint density at radius 2 is 1.60 bits per heavy atom. The molecule has 5 aromatic heterocycles. The number of H-pyrrole nitrogens is 2. The van der Waals surface area contributed by atoms with Crippen LogP contribution in [0.4, 0.5) is 11.5 Å². The van der Waals surface area contributed by atoms with Gasteiger partial charge in [0.25, 0.3) is 5.56 Å². The first-order chi connectivity index (χ1) is 30.4. The van der Waals surface area contributed by atoms with E-state index in [0.29, 0.717) is 11.7 Å². The second-order valence-corrected chi connectivity index (χ2v) is 17.7. The molecule has 2 saturated heterocycles. The summed E-state index contributed by atoms with van der Waals surface area (Å²) in [7, 11) is 0. The fraction of sp³-hybridized carbons (Fsp3) is 0.362. The third-order valence-electron chi connectivity index (χ3n) is 12.3. The summed E-state index contributed by atoms with van der Waals surface area (Å²) in [5.74, 6) is 1.66. The van der Waals surface area contributed by atoms with Crippen molar-refractivity contribution in [3.63, 3.8) is 0 Å². The van der Waals surface area contributed by atoms with Crippen LogP contribution in [0, 0.1) is 12.8 Å². The molecule has 7 heterocycles. The molecule has 7 aromatic rings. The van der Waals surface area contributed by atoms with Crippen molar-refractivity contribution in [2.24, 2.45) is 5.92 Å². The Hall–Kier alpha value is -6.94. The van der Waals surface area contributed by atoms with Crippen molar-refractivity contribution in [2.45, 2.75) is 58.9 Å². The first kappa shape index (κ1) is 41.4. The summed E-state index contributed by atoms with van der Waals surface area (Å²) in [4.78, 5) is 68.2. The van der Waals surface area contributed by atoms with Gasteiger partial charge in [0.2, 0.25) is 0 Å². The maximum Gasteiger partial charge on any atom is 0.332 e. The van der Waals surface area contributed by atoms with Crippen LogP contribution in [-0.2, 0) is 5.41 Å². The number of amides is 1. The minimum atomic E-state index is -0.440. The van der Waals surface area contributed by atoms with Gasteiger partial charge in [0, 0.05) is 97.6 Å². The largest absolute Gasteiger partial charge is 0.372 e. The number of piperidine rings is 1. The SMILES string of the molecule is Cc1cc(-c2ncnc3[nH]c(-c4ccc(N5CCN(CC6CCN(c7ccc(-n8ccc(=O)[nH]c8=O)cc7)CC6)CC5)nc4)cc23)ccc1[C@@H](C)NC(=O)c1nc(C(C)(C)C)no1. The van der Waals surface area contributed by atoms with Crippen LogP contribution >= 0.6 is 0 Å². The number of nitrogens with zero attached hydrogens (tertiary/aromatic N) is 9. The number of pyridine rings is 1. The molecule has 16 nitrogen and oxygen atoms in total. The molecule has 0 bridgehead atoms. The van der Waals surface area contributed by atoms with Crippen molar-refractivity contribution in [2.75, 3.05) is 55.6 Å². The number of carbonyl (C=O) groups excluding carboxylic acids is 1. The van der Waals surface area contributed by atoms with Crippen molar-refractivity contribution >= 4 is 28.4 Å². The number of rotatable bonds is 10. The smallest absolute Gasteiger partial charge is 0.332 e. The van der Waals surface area contributed by atoms with Crippen molar-refractivity contribution < 1.29 is 9.32 Å². The molecule has 2 aromatic carbocycles. The minimum Gasteiger partial charge on any atom is -0.372 e. The van der Waals surface area contributed by atoms with Gasteiger partial charge < -0.3 is 24.6 Å². The number of hydrogen-bond acceptors (Lipinski definition) is 12. The van der Waals surface area contributed by atoms with E-state index in [9.17, 15) is 14.4 Å². The average molecular weight is 849 g/mol. The summed E-state index contributed by atoms with van der Waals surface area (Å²) >= 11 is 0. The van der Waals surface area contributed by atoms with Crippen LogP contribution in [0.15, 0.2) is 99.6 Å². The second kappa shape index (κ2) is 17.1. The zero-order valence-electron chi connectivity index (χ0n) is 36.3. The maximum absolute atomic E-state index is 12.9. The number of aryl methyl sites for hydroxylation is 1. The van der Waals surface area contributed by atoms with Gasteiger partial charge in [0.15, 0.2) is 5.82 Å². The molecule has 9 rings (SSSR count). The standard InChI is InChI=1S/C47H52N12O4/c1-29-24-32(6-12-36(29)30(2)51-43(61)44-54-45(55-63-44)47(3,4)5)41-37-25-38(52-42(37)50-28-49-41)33-7-13-39(48-26-33)58-22-20-56(21-23-58)27-31-14-17-57(18-15-31)34-8-10-35(11-9-34)59-19-16-40(60)53-46(59)62/h6-13,16,19,24-26,28,30-31H,14-15,17-18,20-23,27H2,1-5H3,(H,51,61)(H,49,50,52)(H,53,60,62)/t30-/m1/s1. The van der Waals surface area contributed by atoms with E-state index in [-0.39, 0.29) is 17.3 Å². The molecule has 1 atom stereocenters. The number of aromatic amines is 2. The molecule has 16 heteroatoms. The van der Waals surface area contributed by atoms with Gasteiger partial charge in [-0.2, -0.15) is 4.98 Å². The van der Waals surface area contributed by atoms with Crippen molar-refractivity contribution in [3.05, 3.63) is 129 Å². The third kappa shape index (κ3) is 8.89. The van der Waals surface area contributed by atoms with Gasteiger partial charge >= 0.3 is 17.5 Å². The van der Waals surface area contributed by atoms with E-state index in [1.807, 2.05) is 65.1 Å². The number of benzene rings is 2. The lowest BCUT2D eigenvalue weighted by atomic mass is 9.95. The predicted octanol–water partition coefficient (Wildman–Crippen LogP) is 6.04. The van der Waals surface area contributed by atoms with Gasteiger partial charge in [-0.15, -0.1) is 0 Å². The molecule has 2 fully saturated rings. The highest BCUT2D eigenvalue weighted by Crippen LogP contribution is 2.33. The lowest BCUT2D eigenvalue weighted by molar-refractivity contribution is 0.0895. The van der Waals surface area contributed by atoms with Gasteiger partial charge in [-0.05, 0) is 92.3 Å². The van der Waals surface area contributed by atoms with E-state index in [4.69, 9.17) is 9.51 Å². The van der Waals surface area contributed by atoms with Crippen molar-refractivity contribution in [3.8, 4) is 28.2 Å². The molecule has 3 N–H and O–H groups in total. The molecule has 2 aliphatic heterocycles. The molecule has 63 heavy (non-hydrogen) atoms.